The van der Waals surface area contributed by atoms with Crippen LogP contribution in [0.5, 0.6) is 11.5 Å². The number of nitrogens with one attached hydrogen (secondary N) is 1. The van der Waals surface area contributed by atoms with Gasteiger partial charge in [0.2, 0.25) is 5.91 Å². The van der Waals surface area contributed by atoms with Gasteiger partial charge in [0.15, 0.2) is 11.5 Å². The molecule has 1 atom stereocenters. The Kier molecular flexibility index (Phi) is 5.23. The number of rotatable bonds is 6. The molecular weight excluding hydrogens is 322 g/mol. The van der Waals surface area contributed by atoms with Gasteiger partial charge >= 0.3 is 0 Å². The summed E-state index contributed by atoms with van der Waals surface area (Å²) in [5, 5.41) is 7.45. The molecule has 0 saturated carbocycles. The Morgan fingerprint density at radius 2 is 2.12 bits per heavy atom. The molecule has 0 aliphatic carbocycles. The lowest BCUT2D eigenvalue weighted by atomic mass is 10.1. The third-order valence-corrected chi connectivity index (χ3v) is 4.23. The largest absolute Gasteiger partial charge is 0.493 e. The van der Waals surface area contributed by atoms with Crippen LogP contribution >= 0.6 is 0 Å². The van der Waals surface area contributed by atoms with Gasteiger partial charge in [0.05, 0.1) is 39.0 Å². The summed E-state index contributed by atoms with van der Waals surface area (Å²) in [6.07, 6.45) is 0.759. The van der Waals surface area contributed by atoms with Crippen molar-refractivity contribution in [3.8, 4) is 11.5 Å². The number of ether oxygens (including phenoxy) is 3. The summed E-state index contributed by atoms with van der Waals surface area (Å²) in [4.78, 5) is 12.3. The van der Waals surface area contributed by atoms with Crippen LogP contribution in [0.15, 0.2) is 24.3 Å². The van der Waals surface area contributed by atoms with Crippen molar-refractivity contribution in [3.05, 3.63) is 35.5 Å². The van der Waals surface area contributed by atoms with Gasteiger partial charge in [0.1, 0.15) is 5.82 Å². The van der Waals surface area contributed by atoms with Crippen LogP contribution in [-0.2, 0) is 16.1 Å². The van der Waals surface area contributed by atoms with E-state index in [9.17, 15) is 4.79 Å². The zero-order chi connectivity index (χ0) is 17.8. The molecule has 1 fully saturated rings. The minimum absolute atomic E-state index is 0.0223. The topological polar surface area (TPSA) is 74.6 Å². The predicted octanol–water partition coefficient (Wildman–Crippen LogP) is 2.23. The maximum Gasteiger partial charge on any atom is 0.231 e. The fourth-order valence-electron chi connectivity index (χ4n) is 2.89. The van der Waals surface area contributed by atoms with Crippen molar-refractivity contribution in [1.29, 1.82) is 0 Å². The Morgan fingerprint density at radius 3 is 2.80 bits per heavy atom. The van der Waals surface area contributed by atoms with Crippen LogP contribution in [0.25, 0.3) is 0 Å². The van der Waals surface area contributed by atoms with Gasteiger partial charge in [-0.25, -0.2) is 4.68 Å². The summed E-state index contributed by atoms with van der Waals surface area (Å²) < 4.78 is 17.7. The Morgan fingerprint density at radius 1 is 1.32 bits per heavy atom. The van der Waals surface area contributed by atoms with E-state index < -0.39 is 0 Å². The lowest BCUT2D eigenvalue weighted by Gasteiger charge is -2.13. The number of methoxy groups -OCH3 is 2. The number of carbonyl (C=O) groups is 1. The first-order valence-electron chi connectivity index (χ1n) is 8.24. The van der Waals surface area contributed by atoms with E-state index in [0.29, 0.717) is 37.1 Å². The molecule has 1 aromatic carbocycles. The minimum Gasteiger partial charge on any atom is -0.493 e. The molecule has 0 spiro atoms. The molecule has 7 heteroatoms. The molecule has 1 N–H and O–H groups in total. The Balaban J connectivity index is 1.77. The van der Waals surface area contributed by atoms with E-state index in [4.69, 9.17) is 14.2 Å². The molecule has 7 nitrogen and oxygen atoms in total. The van der Waals surface area contributed by atoms with Gasteiger partial charge in [-0.3, -0.25) is 4.79 Å². The predicted molar refractivity (Wildman–Crippen MR) is 93.2 cm³/mol. The number of anilines is 1. The number of hydrogen-bond acceptors (Lipinski definition) is 5. The summed E-state index contributed by atoms with van der Waals surface area (Å²) in [7, 11) is 3.21. The van der Waals surface area contributed by atoms with Crippen molar-refractivity contribution in [1.82, 2.24) is 9.78 Å². The summed E-state index contributed by atoms with van der Waals surface area (Å²) in [6, 6.07) is 7.59. The van der Waals surface area contributed by atoms with Gasteiger partial charge in [0.25, 0.3) is 0 Å². The van der Waals surface area contributed by atoms with E-state index >= 15 is 0 Å². The van der Waals surface area contributed by atoms with Gasteiger partial charge in [0, 0.05) is 12.7 Å². The van der Waals surface area contributed by atoms with Crippen LogP contribution in [0.3, 0.4) is 0 Å². The molecule has 1 amide bonds. The van der Waals surface area contributed by atoms with Crippen molar-refractivity contribution in [2.75, 3.05) is 32.8 Å². The third kappa shape index (κ3) is 3.93. The number of hydrogen-bond donors (Lipinski definition) is 1. The average molecular weight is 345 g/mol. The molecule has 1 aromatic heterocycles. The maximum atomic E-state index is 12.3. The Labute approximate surface area is 146 Å². The number of amides is 1. The lowest BCUT2D eigenvalue weighted by molar-refractivity contribution is -0.119. The SMILES string of the molecule is COc1ccc(Cn2nc(C)cc2NC(=O)C2CCOC2)cc1OC. The molecule has 1 unspecified atom stereocenters. The zero-order valence-corrected chi connectivity index (χ0v) is 14.7. The average Bonchev–Trinajstić information content (AvgIpc) is 3.25. The van der Waals surface area contributed by atoms with Crippen molar-refractivity contribution in [2.24, 2.45) is 5.92 Å². The van der Waals surface area contributed by atoms with Gasteiger partial charge in [-0.05, 0) is 31.0 Å². The highest BCUT2D eigenvalue weighted by molar-refractivity contribution is 5.92. The summed E-state index contributed by atoms with van der Waals surface area (Å²) in [5.41, 5.74) is 1.85. The van der Waals surface area contributed by atoms with Crippen molar-refractivity contribution in [3.63, 3.8) is 0 Å². The zero-order valence-electron chi connectivity index (χ0n) is 14.7. The number of nitrogens with zero attached hydrogens (tertiary/aromatic N) is 2. The summed E-state index contributed by atoms with van der Waals surface area (Å²) in [5.74, 6) is 1.91. The molecule has 2 heterocycles. The second kappa shape index (κ2) is 7.57. The highest BCUT2D eigenvalue weighted by atomic mass is 16.5. The quantitative estimate of drug-likeness (QED) is 0.869. The first kappa shape index (κ1) is 17.3. The highest BCUT2D eigenvalue weighted by Crippen LogP contribution is 2.28. The Bertz CT molecular complexity index is 751. The summed E-state index contributed by atoms with van der Waals surface area (Å²) >= 11 is 0. The van der Waals surface area contributed by atoms with Gasteiger partial charge in [-0.2, -0.15) is 5.10 Å². The molecule has 1 aliphatic rings. The number of aromatic nitrogens is 2. The van der Waals surface area contributed by atoms with E-state index in [1.165, 1.54) is 0 Å². The normalized spacial score (nSPS) is 16.7. The smallest absolute Gasteiger partial charge is 0.231 e. The Hall–Kier alpha value is -2.54. The van der Waals surface area contributed by atoms with E-state index in [-0.39, 0.29) is 11.8 Å². The van der Waals surface area contributed by atoms with E-state index in [0.717, 1.165) is 17.7 Å². The van der Waals surface area contributed by atoms with Gasteiger partial charge in [-0.1, -0.05) is 6.07 Å². The highest BCUT2D eigenvalue weighted by Gasteiger charge is 2.24. The first-order chi connectivity index (χ1) is 12.1. The number of benzene rings is 1. The summed E-state index contributed by atoms with van der Waals surface area (Å²) in [6.45, 7) is 3.54. The molecule has 0 radical (unpaired) electrons. The molecule has 1 saturated heterocycles. The van der Waals surface area contributed by atoms with Crippen molar-refractivity contribution < 1.29 is 19.0 Å². The molecule has 1 aliphatic heterocycles. The maximum absolute atomic E-state index is 12.3. The van der Waals surface area contributed by atoms with Crippen LogP contribution in [-0.4, -0.2) is 43.1 Å². The fourth-order valence-corrected chi connectivity index (χ4v) is 2.89. The van der Waals surface area contributed by atoms with Crippen LogP contribution < -0.4 is 14.8 Å². The molecule has 134 valence electrons. The standard InChI is InChI=1S/C18H23N3O4/c1-12-8-17(19-18(22)14-6-7-25-11-14)21(20-12)10-13-4-5-15(23-2)16(9-13)24-3/h4-5,8-9,14H,6-7,10-11H2,1-3H3,(H,19,22). The van der Waals surface area contributed by atoms with Gasteiger partial charge < -0.3 is 19.5 Å². The van der Waals surface area contributed by atoms with E-state index in [2.05, 4.69) is 10.4 Å². The van der Waals surface area contributed by atoms with Crippen molar-refractivity contribution in [2.45, 2.75) is 19.9 Å². The first-order valence-corrected chi connectivity index (χ1v) is 8.24. The van der Waals surface area contributed by atoms with E-state index in [1.54, 1.807) is 18.9 Å². The van der Waals surface area contributed by atoms with Crippen molar-refractivity contribution >= 4 is 11.7 Å². The van der Waals surface area contributed by atoms with Crippen LogP contribution in [0.4, 0.5) is 5.82 Å². The fraction of sp³-hybridized carbons (Fsp3) is 0.444. The van der Waals surface area contributed by atoms with E-state index in [1.807, 2.05) is 31.2 Å². The minimum atomic E-state index is -0.0928. The van der Waals surface area contributed by atoms with Crippen LogP contribution in [0.2, 0.25) is 0 Å². The van der Waals surface area contributed by atoms with Crippen LogP contribution in [0, 0.1) is 12.8 Å². The second-order valence-corrected chi connectivity index (χ2v) is 6.07. The number of carbonyl (C=O) groups excluding carboxylic acids is 1. The van der Waals surface area contributed by atoms with Crippen LogP contribution in [0.1, 0.15) is 17.7 Å². The number of aryl methyl sites for hydroxylation is 1. The molecule has 0 bridgehead atoms. The van der Waals surface area contributed by atoms with Gasteiger partial charge in [-0.15, -0.1) is 0 Å². The molecule has 25 heavy (non-hydrogen) atoms. The monoisotopic (exact) mass is 345 g/mol. The third-order valence-electron chi connectivity index (χ3n) is 4.23. The molecule has 2 aromatic rings. The molecule has 3 rings (SSSR count). The second-order valence-electron chi connectivity index (χ2n) is 6.07. The molecular formula is C18H23N3O4. The lowest BCUT2D eigenvalue weighted by Crippen LogP contribution is -2.24.